The van der Waals surface area contributed by atoms with Crippen molar-refractivity contribution in [2.45, 2.75) is 74.6 Å². The minimum absolute atomic E-state index is 0.0144. The van der Waals surface area contributed by atoms with Crippen LogP contribution in [-0.4, -0.2) is 123 Å². The van der Waals surface area contributed by atoms with Crippen LogP contribution in [0.5, 0.6) is 0 Å². The van der Waals surface area contributed by atoms with Gasteiger partial charge in [-0.05, 0) is 6.92 Å². The Balaban J connectivity index is 2.02. The van der Waals surface area contributed by atoms with E-state index in [0.29, 0.717) is 0 Å². The molecule has 2 heterocycles. The van der Waals surface area contributed by atoms with Crippen molar-refractivity contribution in [2.75, 3.05) is 19.8 Å². The summed E-state index contributed by atoms with van der Waals surface area (Å²) in [6, 6.07) is 0. The Morgan fingerprint density at radius 2 is 1.47 bits per heavy atom. The van der Waals surface area contributed by atoms with Crippen LogP contribution in [-0.2, 0) is 23.7 Å². The summed E-state index contributed by atoms with van der Waals surface area (Å²) in [5.41, 5.74) is 0.196. The van der Waals surface area contributed by atoms with E-state index in [0.717, 1.165) is 0 Å². The van der Waals surface area contributed by atoms with E-state index in [1.165, 1.54) is 6.92 Å². The van der Waals surface area contributed by atoms with Gasteiger partial charge in [-0.2, -0.15) is 0 Å². The van der Waals surface area contributed by atoms with Crippen molar-refractivity contribution < 1.29 is 59.5 Å². The van der Waals surface area contributed by atoms with Crippen molar-refractivity contribution in [1.29, 1.82) is 0 Å². The minimum Gasteiger partial charge on any atom is -0.462 e. The van der Waals surface area contributed by atoms with Crippen LogP contribution in [0, 0.1) is 0 Å². The van der Waals surface area contributed by atoms with Crippen LogP contribution in [0.25, 0.3) is 0 Å². The van der Waals surface area contributed by atoms with Crippen LogP contribution in [0.3, 0.4) is 0 Å². The lowest BCUT2D eigenvalue weighted by Crippen LogP contribution is -2.64. The maximum Gasteiger partial charge on any atom is 0.333 e. The first-order chi connectivity index (χ1) is 14.1. The maximum absolute atomic E-state index is 11.4. The van der Waals surface area contributed by atoms with Crippen LogP contribution in [0.1, 0.15) is 13.3 Å². The van der Waals surface area contributed by atoms with Gasteiger partial charge in [-0.1, -0.05) is 6.58 Å². The normalized spacial score (nSPS) is 42.0. The number of aliphatic hydroxyl groups excluding tert-OH is 7. The lowest BCUT2D eigenvalue weighted by atomic mass is 9.93. The van der Waals surface area contributed by atoms with E-state index in [4.69, 9.17) is 18.9 Å². The number of esters is 1. The average Bonchev–Trinajstić information content (AvgIpc) is 2.72. The molecule has 0 saturated carbocycles. The largest absolute Gasteiger partial charge is 0.462 e. The maximum atomic E-state index is 11.4. The summed E-state index contributed by atoms with van der Waals surface area (Å²) in [6.45, 7) is 3.48. The zero-order chi connectivity index (χ0) is 22.6. The van der Waals surface area contributed by atoms with Gasteiger partial charge in [-0.25, -0.2) is 4.79 Å². The number of carbonyl (C=O) groups is 1. The van der Waals surface area contributed by atoms with E-state index in [9.17, 15) is 40.5 Å². The van der Waals surface area contributed by atoms with Gasteiger partial charge in [0.2, 0.25) is 0 Å². The molecule has 12 nitrogen and oxygen atoms in total. The lowest BCUT2D eigenvalue weighted by molar-refractivity contribution is -0.342. The second-order valence-corrected chi connectivity index (χ2v) is 7.38. The number of ether oxygens (including phenoxy) is 4. The first-order valence-corrected chi connectivity index (χ1v) is 9.53. The minimum atomic E-state index is -1.73. The molecule has 0 aromatic rings. The molecule has 2 rings (SSSR count). The van der Waals surface area contributed by atoms with Crippen molar-refractivity contribution >= 4 is 5.97 Å². The third-order valence-electron chi connectivity index (χ3n) is 5.09. The SMILES string of the molecule is C=C(C)C(=O)OCCC1O[C@H](CO)[C@@H](O[C@@H]2O[C@H](CO)[C@H](O)[C@H](O)[C@H]2O)[C@H](O)[C@H]1O. The summed E-state index contributed by atoms with van der Waals surface area (Å²) < 4.78 is 21.2. The smallest absolute Gasteiger partial charge is 0.333 e. The van der Waals surface area contributed by atoms with Gasteiger partial charge in [0.1, 0.15) is 48.8 Å². The second kappa shape index (κ2) is 10.9. The Bertz CT molecular complexity index is 582. The number of aliphatic hydroxyl groups is 7. The second-order valence-electron chi connectivity index (χ2n) is 7.38. The molecule has 0 radical (unpaired) electrons. The predicted octanol–water partition coefficient (Wildman–Crippen LogP) is -3.84. The van der Waals surface area contributed by atoms with Gasteiger partial charge < -0.3 is 54.7 Å². The van der Waals surface area contributed by atoms with Crippen molar-refractivity contribution in [3.63, 3.8) is 0 Å². The van der Waals surface area contributed by atoms with Crippen molar-refractivity contribution in [3.8, 4) is 0 Å². The van der Waals surface area contributed by atoms with Gasteiger partial charge in [-0.15, -0.1) is 0 Å². The van der Waals surface area contributed by atoms with Crippen LogP contribution in [0.15, 0.2) is 12.2 Å². The first kappa shape index (κ1) is 25.1. The highest BCUT2D eigenvalue weighted by molar-refractivity contribution is 5.86. The molecule has 7 N–H and O–H groups in total. The van der Waals surface area contributed by atoms with Crippen molar-refractivity contribution in [3.05, 3.63) is 12.2 Å². The molecule has 2 saturated heterocycles. The summed E-state index contributed by atoms with van der Waals surface area (Å²) in [7, 11) is 0. The summed E-state index contributed by atoms with van der Waals surface area (Å²) in [4.78, 5) is 11.4. The zero-order valence-corrected chi connectivity index (χ0v) is 16.5. The van der Waals surface area contributed by atoms with Gasteiger partial charge in [0, 0.05) is 12.0 Å². The summed E-state index contributed by atoms with van der Waals surface area (Å²) in [5.74, 6) is -0.622. The molecule has 0 aromatic heterocycles. The van der Waals surface area contributed by atoms with Crippen LogP contribution in [0.4, 0.5) is 0 Å². The standard InChI is InChI=1S/C18H30O12/c1-7(2)17(26)27-4-3-8-11(21)14(24)16(10(6-20)28-8)30-18-15(25)13(23)12(22)9(5-19)29-18/h8-16,18-25H,1,3-6H2,2H3/t8?,9-,10-,11+,12+,13+,14-,15-,16-,18+/m1/s1. The highest BCUT2D eigenvalue weighted by Crippen LogP contribution is 2.30. The highest BCUT2D eigenvalue weighted by Gasteiger charge is 2.50. The molecular weight excluding hydrogens is 408 g/mol. The Kier molecular flexibility index (Phi) is 9.12. The fourth-order valence-corrected chi connectivity index (χ4v) is 3.30. The van der Waals surface area contributed by atoms with Gasteiger partial charge in [0.25, 0.3) is 0 Å². The molecule has 0 spiro atoms. The summed E-state index contributed by atoms with van der Waals surface area (Å²) >= 11 is 0. The first-order valence-electron chi connectivity index (χ1n) is 9.53. The fraction of sp³-hybridized carbons (Fsp3) is 0.833. The molecule has 0 amide bonds. The molecule has 2 aliphatic heterocycles. The Morgan fingerprint density at radius 3 is 2.03 bits per heavy atom. The van der Waals surface area contributed by atoms with Gasteiger partial charge >= 0.3 is 5.97 Å². The van der Waals surface area contributed by atoms with Crippen molar-refractivity contribution in [2.24, 2.45) is 0 Å². The molecular formula is C18H30O12. The van der Waals surface area contributed by atoms with E-state index < -0.39 is 80.4 Å². The molecule has 0 aliphatic carbocycles. The monoisotopic (exact) mass is 438 g/mol. The quantitative estimate of drug-likeness (QED) is 0.144. The third kappa shape index (κ3) is 5.53. The summed E-state index contributed by atoms with van der Waals surface area (Å²) in [6.07, 6.45) is -14.4. The molecule has 2 aliphatic rings. The van der Waals surface area contributed by atoms with Crippen LogP contribution in [0.2, 0.25) is 0 Å². The van der Waals surface area contributed by atoms with Crippen LogP contribution >= 0.6 is 0 Å². The lowest BCUT2D eigenvalue weighted by Gasteiger charge is -2.46. The molecule has 0 bridgehead atoms. The molecule has 174 valence electrons. The van der Waals surface area contributed by atoms with Crippen LogP contribution < -0.4 is 0 Å². The van der Waals surface area contributed by atoms with E-state index in [1.54, 1.807) is 0 Å². The van der Waals surface area contributed by atoms with E-state index >= 15 is 0 Å². The molecule has 2 fully saturated rings. The number of rotatable bonds is 8. The Morgan fingerprint density at radius 1 is 0.867 bits per heavy atom. The Hall–Kier alpha value is -1.19. The van der Waals surface area contributed by atoms with E-state index in [2.05, 4.69) is 6.58 Å². The zero-order valence-electron chi connectivity index (χ0n) is 16.5. The van der Waals surface area contributed by atoms with Crippen molar-refractivity contribution in [1.82, 2.24) is 0 Å². The number of carbonyl (C=O) groups excluding carboxylic acids is 1. The molecule has 10 atom stereocenters. The van der Waals surface area contributed by atoms with E-state index in [-0.39, 0.29) is 18.6 Å². The number of hydrogen-bond acceptors (Lipinski definition) is 12. The molecule has 0 aromatic carbocycles. The third-order valence-corrected chi connectivity index (χ3v) is 5.09. The fourth-order valence-electron chi connectivity index (χ4n) is 3.30. The highest BCUT2D eigenvalue weighted by atomic mass is 16.7. The summed E-state index contributed by atoms with van der Waals surface area (Å²) in [5, 5.41) is 69.5. The van der Waals surface area contributed by atoms with E-state index in [1.807, 2.05) is 0 Å². The van der Waals surface area contributed by atoms with Gasteiger partial charge in [-0.3, -0.25) is 0 Å². The topological polar surface area (TPSA) is 196 Å². The molecule has 1 unspecified atom stereocenters. The molecule has 30 heavy (non-hydrogen) atoms. The molecule has 12 heteroatoms. The van der Waals surface area contributed by atoms with Gasteiger partial charge in [0.15, 0.2) is 6.29 Å². The average molecular weight is 438 g/mol. The number of hydrogen-bond donors (Lipinski definition) is 7. The van der Waals surface area contributed by atoms with Gasteiger partial charge in [0.05, 0.1) is 25.9 Å². The Labute approximate surface area is 172 Å². The predicted molar refractivity (Wildman–Crippen MR) is 96.8 cm³/mol.